The standard InChI is InChI=1S/C10H13N3O3S/c1-13-10(11-8(15)9(16)12-13)17-7-4-2-3-6(14)5-7/h7H,2-5H2,1H3,(H,12,16). The third-order valence-electron chi connectivity index (χ3n) is 2.66. The first-order valence-corrected chi connectivity index (χ1v) is 6.30. The van der Waals surface area contributed by atoms with Crippen molar-refractivity contribution in [3.63, 3.8) is 0 Å². The number of aromatic amines is 1. The van der Waals surface area contributed by atoms with Crippen molar-refractivity contribution in [1.29, 1.82) is 0 Å². The highest BCUT2D eigenvalue weighted by Gasteiger charge is 2.22. The maximum absolute atomic E-state index is 11.3. The number of ketones is 1. The van der Waals surface area contributed by atoms with Crippen LogP contribution in [-0.2, 0) is 11.8 Å². The van der Waals surface area contributed by atoms with Crippen LogP contribution >= 0.6 is 11.8 Å². The van der Waals surface area contributed by atoms with Crippen LogP contribution < -0.4 is 11.1 Å². The Morgan fingerprint density at radius 3 is 2.88 bits per heavy atom. The lowest BCUT2D eigenvalue weighted by Crippen LogP contribution is -2.34. The Labute approximate surface area is 101 Å². The van der Waals surface area contributed by atoms with Crippen molar-refractivity contribution in [1.82, 2.24) is 14.8 Å². The van der Waals surface area contributed by atoms with Gasteiger partial charge in [0.2, 0.25) is 0 Å². The average molecular weight is 255 g/mol. The largest absolute Gasteiger partial charge is 0.339 e. The second-order valence-corrected chi connectivity index (χ2v) is 5.34. The maximum Gasteiger partial charge on any atom is 0.339 e. The molecule has 0 saturated heterocycles. The highest BCUT2D eigenvalue weighted by Crippen LogP contribution is 2.30. The van der Waals surface area contributed by atoms with E-state index in [0.717, 1.165) is 12.8 Å². The summed E-state index contributed by atoms with van der Waals surface area (Å²) in [5, 5.41) is 2.99. The third kappa shape index (κ3) is 2.85. The molecule has 1 saturated carbocycles. The molecule has 1 N–H and O–H groups in total. The number of thioether (sulfide) groups is 1. The van der Waals surface area contributed by atoms with Crippen molar-refractivity contribution in [3.8, 4) is 0 Å². The zero-order valence-corrected chi connectivity index (χ0v) is 10.2. The van der Waals surface area contributed by atoms with E-state index >= 15 is 0 Å². The lowest BCUT2D eigenvalue weighted by atomic mass is 9.99. The molecule has 17 heavy (non-hydrogen) atoms. The van der Waals surface area contributed by atoms with Crippen LogP contribution in [0.5, 0.6) is 0 Å². The van der Waals surface area contributed by atoms with Crippen LogP contribution in [0.4, 0.5) is 0 Å². The summed E-state index contributed by atoms with van der Waals surface area (Å²) in [6, 6.07) is 0. The van der Waals surface area contributed by atoms with Crippen LogP contribution in [0.15, 0.2) is 14.7 Å². The smallest absolute Gasteiger partial charge is 0.300 e. The molecule has 1 aromatic heterocycles. The Bertz CT molecular complexity index is 548. The molecule has 6 nitrogen and oxygen atoms in total. The highest BCUT2D eigenvalue weighted by molar-refractivity contribution is 7.99. The van der Waals surface area contributed by atoms with Crippen LogP contribution in [0.3, 0.4) is 0 Å². The van der Waals surface area contributed by atoms with Crippen LogP contribution in [0.1, 0.15) is 25.7 Å². The van der Waals surface area contributed by atoms with Gasteiger partial charge in [-0.25, -0.2) is 0 Å². The van der Waals surface area contributed by atoms with Gasteiger partial charge < -0.3 is 0 Å². The summed E-state index contributed by atoms with van der Waals surface area (Å²) in [6.07, 6.45) is 2.98. The number of carbonyl (C=O) groups excluding carboxylic acids is 1. The van der Waals surface area contributed by atoms with Gasteiger partial charge in [0.1, 0.15) is 5.78 Å². The highest BCUT2D eigenvalue weighted by atomic mass is 32.2. The molecule has 0 aromatic carbocycles. The number of Topliss-reactive ketones (excluding diaryl/α,β-unsaturated/α-hetero) is 1. The van der Waals surface area contributed by atoms with Crippen molar-refractivity contribution >= 4 is 17.5 Å². The van der Waals surface area contributed by atoms with E-state index in [9.17, 15) is 14.4 Å². The van der Waals surface area contributed by atoms with Gasteiger partial charge in [0.15, 0.2) is 5.16 Å². The topological polar surface area (TPSA) is 84.8 Å². The zero-order chi connectivity index (χ0) is 12.4. The molecule has 1 aliphatic carbocycles. The molecule has 0 bridgehead atoms. The average Bonchev–Trinajstić information content (AvgIpc) is 2.26. The van der Waals surface area contributed by atoms with Crippen LogP contribution in [-0.4, -0.2) is 25.8 Å². The number of nitrogens with one attached hydrogen (secondary N) is 1. The molecule has 0 amide bonds. The van der Waals surface area contributed by atoms with E-state index in [2.05, 4.69) is 10.1 Å². The third-order valence-corrected chi connectivity index (χ3v) is 3.97. The fraction of sp³-hybridized carbons (Fsp3) is 0.600. The number of rotatable bonds is 2. The van der Waals surface area contributed by atoms with Gasteiger partial charge >= 0.3 is 11.1 Å². The number of aryl methyl sites for hydroxylation is 1. The molecule has 0 radical (unpaired) electrons. The summed E-state index contributed by atoms with van der Waals surface area (Å²) < 4.78 is 1.42. The van der Waals surface area contributed by atoms with E-state index < -0.39 is 11.1 Å². The first kappa shape index (κ1) is 12.1. The molecule has 1 heterocycles. The first-order valence-electron chi connectivity index (χ1n) is 5.42. The molecule has 0 spiro atoms. The molecule has 1 atom stereocenters. The number of nitrogens with zero attached hydrogens (tertiary/aromatic N) is 2. The first-order chi connectivity index (χ1) is 8.06. The van der Waals surface area contributed by atoms with Crippen LogP contribution in [0, 0.1) is 0 Å². The molecular weight excluding hydrogens is 242 g/mol. The fourth-order valence-corrected chi connectivity index (χ4v) is 2.99. The van der Waals surface area contributed by atoms with Crippen LogP contribution in [0.25, 0.3) is 0 Å². The number of H-pyrrole nitrogens is 1. The van der Waals surface area contributed by atoms with Crippen molar-refractivity contribution in [2.24, 2.45) is 7.05 Å². The summed E-state index contributed by atoms with van der Waals surface area (Å²) >= 11 is 1.38. The van der Waals surface area contributed by atoms with E-state index in [-0.39, 0.29) is 11.0 Å². The van der Waals surface area contributed by atoms with Crippen molar-refractivity contribution in [2.45, 2.75) is 36.1 Å². The second kappa shape index (κ2) is 4.87. The Kier molecular flexibility index (Phi) is 3.46. The van der Waals surface area contributed by atoms with E-state index in [1.165, 1.54) is 16.4 Å². The Morgan fingerprint density at radius 2 is 2.18 bits per heavy atom. The molecule has 1 aliphatic rings. The molecule has 92 valence electrons. The summed E-state index contributed by atoms with van der Waals surface area (Å²) in [6.45, 7) is 0. The normalized spacial score (nSPS) is 20.5. The minimum Gasteiger partial charge on any atom is -0.300 e. The molecule has 1 aromatic rings. The van der Waals surface area contributed by atoms with E-state index in [1.807, 2.05) is 0 Å². The zero-order valence-electron chi connectivity index (χ0n) is 9.43. The second-order valence-electron chi connectivity index (χ2n) is 4.07. The predicted octanol–water partition coefficient (Wildman–Crippen LogP) is 0.0724. The minimum absolute atomic E-state index is 0.153. The Morgan fingerprint density at radius 1 is 1.41 bits per heavy atom. The van der Waals surface area contributed by atoms with Gasteiger partial charge in [-0.05, 0) is 12.8 Å². The minimum atomic E-state index is -0.785. The van der Waals surface area contributed by atoms with Gasteiger partial charge in [-0.1, -0.05) is 11.8 Å². The van der Waals surface area contributed by atoms with Crippen LogP contribution in [0.2, 0.25) is 0 Å². The number of aromatic nitrogens is 3. The SMILES string of the molecule is Cn1[nH]c(=O)c(=O)nc1SC1CCCC(=O)C1. The number of carbonyl (C=O) groups is 1. The van der Waals surface area contributed by atoms with E-state index in [0.29, 0.717) is 18.0 Å². The van der Waals surface area contributed by atoms with Gasteiger partial charge in [-0.15, -0.1) is 0 Å². The summed E-state index contributed by atoms with van der Waals surface area (Å²) in [5.74, 6) is 0.253. The summed E-state index contributed by atoms with van der Waals surface area (Å²) in [5.41, 5.74) is -1.51. The van der Waals surface area contributed by atoms with E-state index in [4.69, 9.17) is 0 Å². The lowest BCUT2D eigenvalue weighted by molar-refractivity contribution is -0.120. The Hall–Kier alpha value is -1.37. The quantitative estimate of drug-likeness (QED) is 0.756. The lowest BCUT2D eigenvalue weighted by Gasteiger charge is -2.20. The molecule has 7 heteroatoms. The van der Waals surface area contributed by atoms with E-state index in [1.54, 1.807) is 7.05 Å². The predicted molar refractivity (Wildman–Crippen MR) is 63.2 cm³/mol. The van der Waals surface area contributed by atoms with Gasteiger partial charge in [-0.2, -0.15) is 4.98 Å². The summed E-state index contributed by atoms with van der Waals surface area (Å²) in [4.78, 5) is 37.2. The number of hydrogen-bond donors (Lipinski definition) is 1. The fourth-order valence-electron chi connectivity index (χ4n) is 1.80. The molecule has 2 rings (SSSR count). The molecule has 0 aliphatic heterocycles. The van der Waals surface area contributed by atoms with Gasteiger partial charge in [0, 0.05) is 25.1 Å². The molecule has 1 fully saturated rings. The van der Waals surface area contributed by atoms with Gasteiger partial charge in [-0.3, -0.25) is 24.2 Å². The maximum atomic E-state index is 11.3. The summed E-state index contributed by atoms with van der Waals surface area (Å²) in [7, 11) is 1.63. The molecule has 1 unspecified atom stereocenters. The van der Waals surface area contributed by atoms with Gasteiger partial charge in [0.25, 0.3) is 0 Å². The van der Waals surface area contributed by atoms with Crippen molar-refractivity contribution in [2.75, 3.05) is 0 Å². The van der Waals surface area contributed by atoms with Crippen molar-refractivity contribution < 1.29 is 4.79 Å². The monoisotopic (exact) mass is 255 g/mol. The molecular formula is C10H13N3O3S. The van der Waals surface area contributed by atoms with Crippen molar-refractivity contribution in [3.05, 3.63) is 20.7 Å². The van der Waals surface area contributed by atoms with Gasteiger partial charge in [0.05, 0.1) is 0 Å². The number of hydrogen-bond acceptors (Lipinski definition) is 5. The Balaban J connectivity index is 2.18.